The Morgan fingerprint density at radius 2 is 1.92 bits per heavy atom. The summed E-state index contributed by atoms with van der Waals surface area (Å²) in [5.74, 6) is -0.447. The van der Waals surface area contributed by atoms with Crippen LogP contribution in [0.5, 0.6) is 0 Å². The van der Waals surface area contributed by atoms with E-state index in [4.69, 9.17) is 16.3 Å². The number of carbonyl (C=O) groups excluding carboxylic acids is 1. The number of halogens is 1. The summed E-state index contributed by atoms with van der Waals surface area (Å²) in [7, 11) is -3.89. The highest BCUT2D eigenvalue weighted by Gasteiger charge is 2.32. The number of benzene rings is 2. The van der Waals surface area contributed by atoms with Crippen molar-refractivity contribution in [2.75, 3.05) is 11.5 Å². The van der Waals surface area contributed by atoms with Gasteiger partial charge in [-0.3, -0.25) is 0 Å². The smallest absolute Gasteiger partial charge is 0.338 e. The molecule has 1 aliphatic heterocycles. The van der Waals surface area contributed by atoms with Gasteiger partial charge in [0.2, 0.25) is 9.84 Å². The second-order valence-electron chi connectivity index (χ2n) is 5.36. The zero-order chi connectivity index (χ0) is 18.9. The standard InChI is InChI=1S/C18H13ClN2O4S/c1-2-25-18(22)12-3-6-14(7-4-12)21-11-15(10-20)26(23,24)17-8-5-13(19)9-16(17)21/h3-9,11H,2H2,1H3. The molecule has 3 rings (SSSR count). The van der Waals surface area contributed by atoms with Crippen molar-refractivity contribution in [3.8, 4) is 6.07 Å². The minimum atomic E-state index is -3.89. The molecule has 1 heterocycles. The van der Waals surface area contributed by atoms with E-state index >= 15 is 0 Å². The van der Waals surface area contributed by atoms with Gasteiger partial charge in [-0.1, -0.05) is 11.6 Å². The van der Waals surface area contributed by atoms with Crippen molar-refractivity contribution in [3.63, 3.8) is 0 Å². The summed E-state index contributed by atoms with van der Waals surface area (Å²) >= 11 is 6.03. The van der Waals surface area contributed by atoms with Crippen LogP contribution < -0.4 is 4.90 Å². The number of ether oxygens (including phenoxy) is 1. The van der Waals surface area contributed by atoms with Crippen LogP contribution in [0.3, 0.4) is 0 Å². The Morgan fingerprint density at radius 1 is 1.23 bits per heavy atom. The van der Waals surface area contributed by atoms with E-state index in [1.807, 2.05) is 0 Å². The van der Waals surface area contributed by atoms with Gasteiger partial charge in [0.15, 0.2) is 4.91 Å². The normalized spacial score (nSPS) is 14.8. The monoisotopic (exact) mass is 388 g/mol. The Kier molecular flexibility index (Phi) is 4.72. The third-order valence-electron chi connectivity index (χ3n) is 3.77. The number of fused-ring (bicyclic) bond motifs is 1. The van der Waals surface area contributed by atoms with E-state index in [-0.39, 0.29) is 16.4 Å². The molecule has 0 amide bonds. The summed E-state index contributed by atoms with van der Waals surface area (Å²) in [5, 5.41) is 9.60. The lowest BCUT2D eigenvalue weighted by atomic mass is 10.2. The van der Waals surface area contributed by atoms with Crippen LogP contribution in [-0.2, 0) is 14.6 Å². The van der Waals surface area contributed by atoms with Crippen LogP contribution in [0.25, 0.3) is 0 Å². The number of allylic oxidation sites excluding steroid dienone is 1. The quantitative estimate of drug-likeness (QED) is 0.743. The molecular formula is C18H13ClN2O4S. The van der Waals surface area contributed by atoms with Crippen molar-refractivity contribution in [2.45, 2.75) is 11.8 Å². The molecule has 1 aliphatic rings. The van der Waals surface area contributed by atoms with Crippen LogP contribution in [0.2, 0.25) is 5.02 Å². The summed E-state index contributed by atoms with van der Waals surface area (Å²) in [6.45, 7) is 1.99. The number of rotatable bonds is 3. The van der Waals surface area contributed by atoms with Crippen LogP contribution in [0.1, 0.15) is 17.3 Å². The number of anilines is 2. The van der Waals surface area contributed by atoms with E-state index in [0.29, 0.717) is 22.0 Å². The first-order chi connectivity index (χ1) is 12.4. The summed E-state index contributed by atoms with van der Waals surface area (Å²) < 4.78 is 30.0. The van der Waals surface area contributed by atoms with E-state index in [2.05, 4.69) is 0 Å². The fourth-order valence-corrected chi connectivity index (χ4v) is 4.00. The molecule has 0 radical (unpaired) electrons. The average Bonchev–Trinajstić information content (AvgIpc) is 2.62. The Hall–Kier alpha value is -2.82. The van der Waals surface area contributed by atoms with Crippen molar-refractivity contribution in [1.29, 1.82) is 5.26 Å². The molecule has 0 saturated heterocycles. The van der Waals surface area contributed by atoms with Gasteiger partial charge < -0.3 is 9.64 Å². The number of hydrogen-bond acceptors (Lipinski definition) is 6. The Bertz CT molecular complexity index is 1050. The van der Waals surface area contributed by atoms with Crippen LogP contribution in [0, 0.1) is 11.3 Å². The van der Waals surface area contributed by atoms with Crippen LogP contribution in [0.15, 0.2) is 58.5 Å². The zero-order valence-corrected chi connectivity index (χ0v) is 15.2. The summed E-state index contributed by atoms with van der Waals surface area (Å²) in [4.78, 5) is 12.9. The Morgan fingerprint density at radius 3 is 2.54 bits per heavy atom. The van der Waals surface area contributed by atoms with Gasteiger partial charge in [-0.25, -0.2) is 13.2 Å². The van der Waals surface area contributed by atoms with E-state index in [1.54, 1.807) is 42.2 Å². The Labute approximate surface area is 155 Å². The first-order valence-electron chi connectivity index (χ1n) is 7.61. The van der Waals surface area contributed by atoms with Gasteiger partial charge in [0, 0.05) is 16.9 Å². The fraction of sp³-hybridized carbons (Fsp3) is 0.111. The predicted molar refractivity (Wildman–Crippen MR) is 96.9 cm³/mol. The highest BCUT2D eigenvalue weighted by atomic mass is 35.5. The summed E-state index contributed by atoms with van der Waals surface area (Å²) in [5.41, 5.74) is 1.28. The first-order valence-corrected chi connectivity index (χ1v) is 9.47. The van der Waals surface area contributed by atoms with Crippen molar-refractivity contribution >= 4 is 38.8 Å². The number of nitriles is 1. The molecule has 0 bridgehead atoms. The van der Waals surface area contributed by atoms with E-state index < -0.39 is 15.8 Å². The largest absolute Gasteiger partial charge is 0.462 e. The molecule has 132 valence electrons. The number of carbonyl (C=O) groups is 1. The van der Waals surface area contributed by atoms with Crippen LogP contribution >= 0.6 is 11.6 Å². The highest BCUT2D eigenvalue weighted by molar-refractivity contribution is 7.95. The number of nitrogens with zero attached hydrogens (tertiary/aromatic N) is 2. The maximum absolute atomic E-state index is 12.5. The van der Waals surface area contributed by atoms with Gasteiger partial charge in [-0.05, 0) is 49.4 Å². The second kappa shape index (κ2) is 6.83. The molecule has 0 aliphatic carbocycles. The molecule has 0 unspecified atom stereocenters. The molecule has 0 spiro atoms. The van der Waals surface area contributed by atoms with Gasteiger partial charge in [-0.15, -0.1) is 0 Å². The zero-order valence-electron chi connectivity index (χ0n) is 13.6. The van der Waals surface area contributed by atoms with Gasteiger partial charge in [0.05, 0.1) is 22.8 Å². The van der Waals surface area contributed by atoms with Crippen LogP contribution in [0.4, 0.5) is 11.4 Å². The molecule has 0 fully saturated rings. The number of sulfone groups is 1. The predicted octanol–water partition coefficient (Wildman–Crippen LogP) is 3.81. The van der Waals surface area contributed by atoms with Gasteiger partial charge >= 0.3 is 5.97 Å². The second-order valence-corrected chi connectivity index (χ2v) is 7.68. The molecule has 0 atom stereocenters. The molecule has 8 heteroatoms. The molecule has 6 nitrogen and oxygen atoms in total. The van der Waals surface area contributed by atoms with Crippen molar-refractivity contribution < 1.29 is 17.9 Å². The lowest BCUT2D eigenvalue weighted by Crippen LogP contribution is -2.21. The fourth-order valence-electron chi connectivity index (χ4n) is 2.56. The lowest BCUT2D eigenvalue weighted by Gasteiger charge is -2.27. The summed E-state index contributed by atoms with van der Waals surface area (Å²) in [6.07, 6.45) is 1.24. The van der Waals surface area contributed by atoms with Crippen molar-refractivity contribution in [2.24, 2.45) is 0 Å². The minimum Gasteiger partial charge on any atom is -0.462 e. The Balaban J connectivity index is 2.11. The number of hydrogen-bond donors (Lipinski definition) is 0. The number of esters is 1. The van der Waals surface area contributed by atoms with E-state index in [0.717, 1.165) is 0 Å². The van der Waals surface area contributed by atoms with E-state index in [1.165, 1.54) is 24.4 Å². The van der Waals surface area contributed by atoms with Crippen molar-refractivity contribution in [3.05, 3.63) is 64.2 Å². The summed E-state index contributed by atoms with van der Waals surface area (Å²) in [6, 6.07) is 12.5. The third-order valence-corrected chi connectivity index (χ3v) is 5.71. The van der Waals surface area contributed by atoms with Crippen molar-refractivity contribution in [1.82, 2.24) is 0 Å². The molecule has 0 aromatic heterocycles. The van der Waals surface area contributed by atoms with Gasteiger partial charge in [-0.2, -0.15) is 5.26 Å². The maximum atomic E-state index is 12.5. The molecule has 0 N–H and O–H groups in total. The topological polar surface area (TPSA) is 87.5 Å². The third kappa shape index (κ3) is 3.05. The molecule has 0 saturated carbocycles. The lowest BCUT2D eigenvalue weighted by molar-refractivity contribution is 0.0526. The minimum absolute atomic E-state index is 0.00424. The maximum Gasteiger partial charge on any atom is 0.338 e. The van der Waals surface area contributed by atoms with Crippen LogP contribution in [-0.4, -0.2) is 21.0 Å². The van der Waals surface area contributed by atoms with Gasteiger partial charge in [0.25, 0.3) is 0 Å². The molecule has 2 aromatic carbocycles. The average molecular weight is 389 g/mol. The van der Waals surface area contributed by atoms with E-state index in [9.17, 15) is 18.5 Å². The first kappa shape index (κ1) is 18.0. The molecule has 26 heavy (non-hydrogen) atoms. The SMILES string of the molecule is CCOC(=O)c1ccc(N2C=C(C#N)S(=O)(=O)c3ccc(Cl)cc32)cc1. The molecule has 2 aromatic rings. The molecular weight excluding hydrogens is 376 g/mol. The van der Waals surface area contributed by atoms with Gasteiger partial charge in [0.1, 0.15) is 6.07 Å². The highest BCUT2D eigenvalue weighted by Crippen LogP contribution is 2.40.